The second kappa shape index (κ2) is 5.13. The van der Waals surface area contributed by atoms with E-state index in [9.17, 15) is 9.59 Å². The number of amides is 2. The molecule has 1 unspecified atom stereocenters. The zero-order valence-electron chi connectivity index (χ0n) is 12.3. The van der Waals surface area contributed by atoms with E-state index < -0.39 is 0 Å². The van der Waals surface area contributed by atoms with Gasteiger partial charge in [0.15, 0.2) is 0 Å². The molecule has 4 rings (SSSR count). The molecule has 2 amide bonds. The highest BCUT2D eigenvalue weighted by Crippen LogP contribution is 2.32. The summed E-state index contributed by atoms with van der Waals surface area (Å²) in [5.41, 5.74) is 0.907. The Labute approximate surface area is 129 Å². The Balaban J connectivity index is 1.61. The van der Waals surface area contributed by atoms with Crippen LogP contribution in [0.15, 0.2) is 42.5 Å². The molecule has 2 aromatic carbocycles. The van der Waals surface area contributed by atoms with Crippen molar-refractivity contribution in [2.75, 3.05) is 11.4 Å². The Kier molecular flexibility index (Phi) is 3.10. The fourth-order valence-corrected chi connectivity index (χ4v) is 3.11. The molecular weight excluding hydrogens is 276 g/mol. The van der Waals surface area contributed by atoms with Crippen LogP contribution in [0.25, 0.3) is 10.8 Å². The van der Waals surface area contributed by atoms with Crippen molar-refractivity contribution in [1.82, 2.24) is 5.32 Å². The van der Waals surface area contributed by atoms with E-state index in [2.05, 4.69) is 5.32 Å². The molecule has 0 radical (unpaired) electrons. The third kappa shape index (κ3) is 2.34. The van der Waals surface area contributed by atoms with E-state index >= 15 is 0 Å². The van der Waals surface area contributed by atoms with Gasteiger partial charge in [-0.2, -0.15) is 0 Å². The molecule has 1 atom stereocenters. The first kappa shape index (κ1) is 13.3. The van der Waals surface area contributed by atoms with Crippen molar-refractivity contribution in [2.45, 2.75) is 25.3 Å². The minimum atomic E-state index is -0.230. The summed E-state index contributed by atoms with van der Waals surface area (Å²) >= 11 is 0. The fraction of sp³-hybridized carbons (Fsp3) is 0.333. The van der Waals surface area contributed by atoms with Crippen molar-refractivity contribution in [3.05, 3.63) is 42.5 Å². The Hall–Kier alpha value is -2.36. The molecule has 1 aliphatic heterocycles. The predicted octanol–water partition coefficient (Wildman–Crippen LogP) is 2.47. The van der Waals surface area contributed by atoms with Crippen molar-refractivity contribution in [2.24, 2.45) is 5.92 Å². The van der Waals surface area contributed by atoms with Gasteiger partial charge in [-0.3, -0.25) is 9.59 Å². The molecular formula is C18H18N2O2. The molecule has 0 spiro atoms. The van der Waals surface area contributed by atoms with E-state index in [1.54, 1.807) is 4.90 Å². The lowest BCUT2D eigenvalue weighted by atomic mass is 10.1. The summed E-state index contributed by atoms with van der Waals surface area (Å²) in [7, 11) is 0. The highest BCUT2D eigenvalue weighted by Gasteiger charge is 2.37. The van der Waals surface area contributed by atoms with Crippen molar-refractivity contribution in [3.63, 3.8) is 0 Å². The van der Waals surface area contributed by atoms with Gasteiger partial charge in [-0.15, -0.1) is 0 Å². The number of rotatable bonds is 3. The number of carbonyl (C=O) groups excluding carboxylic acids is 2. The topological polar surface area (TPSA) is 49.4 Å². The normalized spacial score (nSPS) is 21.4. The van der Waals surface area contributed by atoms with Crippen LogP contribution in [0.2, 0.25) is 0 Å². The number of fused-ring (bicyclic) bond motifs is 1. The Bertz CT molecular complexity index is 746. The average Bonchev–Trinajstić information content (AvgIpc) is 3.26. The smallest absolute Gasteiger partial charge is 0.227 e. The van der Waals surface area contributed by atoms with Gasteiger partial charge in [-0.05, 0) is 24.3 Å². The van der Waals surface area contributed by atoms with Crippen molar-refractivity contribution in [1.29, 1.82) is 0 Å². The molecule has 1 aliphatic carbocycles. The molecule has 2 aromatic rings. The molecule has 0 aromatic heterocycles. The van der Waals surface area contributed by atoms with Crippen molar-refractivity contribution >= 4 is 28.3 Å². The average molecular weight is 294 g/mol. The summed E-state index contributed by atoms with van der Waals surface area (Å²) in [5, 5.41) is 5.17. The van der Waals surface area contributed by atoms with Crippen LogP contribution in [0.4, 0.5) is 5.69 Å². The van der Waals surface area contributed by atoms with Gasteiger partial charge in [-0.1, -0.05) is 36.4 Å². The van der Waals surface area contributed by atoms with Gasteiger partial charge in [0.1, 0.15) is 0 Å². The van der Waals surface area contributed by atoms with Crippen LogP contribution < -0.4 is 10.2 Å². The third-order valence-corrected chi connectivity index (χ3v) is 4.48. The van der Waals surface area contributed by atoms with E-state index in [-0.39, 0.29) is 17.7 Å². The SMILES string of the molecule is O=C(NC1CC1)C1CC(=O)N(c2cccc3ccccc23)C1. The molecule has 1 N–H and O–H groups in total. The summed E-state index contributed by atoms with van der Waals surface area (Å²) in [4.78, 5) is 26.3. The van der Waals surface area contributed by atoms with Crippen LogP contribution >= 0.6 is 0 Å². The minimum absolute atomic E-state index is 0.0265. The van der Waals surface area contributed by atoms with Crippen LogP contribution in [0.1, 0.15) is 19.3 Å². The first-order chi connectivity index (χ1) is 10.7. The highest BCUT2D eigenvalue weighted by atomic mass is 16.2. The number of carbonyl (C=O) groups is 2. The first-order valence-electron chi connectivity index (χ1n) is 7.81. The number of anilines is 1. The van der Waals surface area contributed by atoms with Crippen LogP contribution in [-0.2, 0) is 9.59 Å². The summed E-state index contributed by atoms with van der Waals surface area (Å²) in [6.07, 6.45) is 2.45. The van der Waals surface area contributed by atoms with E-state index in [1.165, 1.54) is 0 Å². The fourth-order valence-electron chi connectivity index (χ4n) is 3.11. The molecule has 0 bridgehead atoms. The summed E-state index contributed by atoms with van der Waals surface area (Å²) < 4.78 is 0. The number of benzene rings is 2. The van der Waals surface area contributed by atoms with Crippen molar-refractivity contribution < 1.29 is 9.59 Å². The first-order valence-corrected chi connectivity index (χ1v) is 7.81. The second-order valence-electron chi connectivity index (χ2n) is 6.19. The van der Waals surface area contributed by atoms with Gasteiger partial charge in [0.2, 0.25) is 11.8 Å². The Morgan fingerprint density at radius 2 is 1.86 bits per heavy atom. The Morgan fingerprint density at radius 3 is 2.68 bits per heavy atom. The van der Waals surface area contributed by atoms with Crippen LogP contribution in [-0.4, -0.2) is 24.4 Å². The summed E-state index contributed by atoms with van der Waals surface area (Å²) in [6, 6.07) is 14.3. The zero-order valence-corrected chi connectivity index (χ0v) is 12.3. The summed E-state index contributed by atoms with van der Waals surface area (Å²) in [6.45, 7) is 0.478. The van der Waals surface area contributed by atoms with Gasteiger partial charge in [-0.25, -0.2) is 0 Å². The number of nitrogens with zero attached hydrogens (tertiary/aromatic N) is 1. The molecule has 2 fully saturated rings. The van der Waals surface area contributed by atoms with Crippen LogP contribution in [0.5, 0.6) is 0 Å². The van der Waals surface area contributed by atoms with E-state index in [4.69, 9.17) is 0 Å². The van der Waals surface area contributed by atoms with Crippen LogP contribution in [0, 0.1) is 5.92 Å². The van der Waals surface area contributed by atoms with E-state index in [1.807, 2.05) is 42.5 Å². The molecule has 4 nitrogen and oxygen atoms in total. The molecule has 22 heavy (non-hydrogen) atoms. The molecule has 1 saturated heterocycles. The van der Waals surface area contributed by atoms with Crippen molar-refractivity contribution in [3.8, 4) is 0 Å². The highest BCUT2D eigenvalue weighted by molar-refractivity contribution is 6.07. The van der Waals surface area contributed by atoms with E-state index in [0.29, 0.717) is 19.0 Å². The lowest BCUT2D eigenvalue weighted by Crippen LogP contribution is -2.34. The maximum Gasteiger partial charge on any atom is 0.227 e. The number of hydrogen-bond donors (Lipinski definition) is 1. The summed E-state index contributed by atoms with van der Waals surface area (Å²) in [5.74, 6) is -0.169. The third-order valence-electron chi connectivity index (χ3n) is 4.48. The van der Waals surface area contributed by atoms with Gasteiger partial charge in [0.05, 0.1) is 11.6 Å². The second-order valence-corrected chi connectivity index (χ2v) is 6.19. The maximum absolute atomic E-state index is 12.4. The molecule has 4 heteroatoms. The lowest BCUT2D eigenvalue weighted by Gasteiger charge is -2.19. The zero-order chi connectivity index (χ0) is 15.1. The minimum Gasteiger partial charge on any atom is -0.353 e. The van der Waals surface area contributed by atoms with Gasteiger partial charge < -0.3 is 10.2 Å². The monoisotopic (exact) mass is 294 g/mol. The quantitative estimate of drug-likeness (QED) is 0.945. The molecule has 1 saturated carbocycles. The van der Waals surface area contributed by atoms with Gasteiger partial charge >= 0.3 is 0 Å². The standard InChI is InChI=1S/C18H18N2O2/c21-17-10-13(18(22)19-14-8-9-14)11-20(17)16-7-3-5-12-4-1-2-6-15(12)16/h1-7,13-14H,8-11H2,(H,19,22). The van der Waals surface area contributed by atoms with E-state index in [0.717, 1.165) is 29.3 Å². The van der Waals surface area contributed by atoms with Gasteiger partial charge in [0, 0.05) is 24.4 Å². The molecule has 2 aliphatic rings. The lowest BCUT2D eigenvalue weighted by molar-refractivity contribution is -0.126. The van der Waals surface area contributed by atoms with Crippen LogP contribution in [0.3, 0.4) is 0 Å². The largest absolute Gasteiger partial charge is 0.353 e. The number of hydrogen-bond acceptors (Lipinski definition) is 2. The number of nitrogens with one attached hydrogen (secondary N) is 1. The molecule has 1 heterocycles. The maximum atomic E-state index is 12.4. The van der Waals surface area contributed by atoms with Gasteiger partial charge in [0.25, 0.3) is 0 Å². The molecule has 112 valence electrons. The Morgan fingerprint density at radius 1 is 1.09 bits per heavy atom. The predicted molar refractivity (Wildman–Crippen MR) is 85.6 cm³/mol.